The summed E-state index contributed by atoms with van der Waals surface area (Å²) < 4.78 is 12.3. The Balaban J connectivity index is 1.65. The number of allylic oxidation sites excluding steroid dienone is 4. The lowest BCUT2D eigenvalue weighted by atomic mass is 9.73. The van der Waals surface area contributed by atoms with Gasteiger partial charge in [-0.05, 0) is 31.0 Å². The monoisotopic (exact) mass is 502 g/mol. The van der Waals surface area contributed by atoms with Gasteiger partial charge in [-0.2, -0.15) is 0 Å². The normalized spacial score (nSPS) is 18.8. The van der Waals surface area contributed by atoms with Gasteiger partial charge in [0.2, 0.25) is 0 Å². The molecule has 3 aliphatic rings. The summed E-state index contributed by atoms with van der Waals surface area (Å²) in [5.74, 6) is 1.06. The Morgan fingerprint density at radius 3 is 2.12 bits per heavy atom. The van der Waals surface area contributed by atoms with Crippen molar-refractivity contribution in [3.63, 3.8) is 0 Å². The minimum absolute atomic E-state index is 0.0145. The maximum atomic E-state index is 13.1. The fraction of sp³-hybridized carbons (Fsp3) is 0.308. The third-order valence-electron chi connectivity index (χ3n) is 6.32. The Bertz CT molecular complexity index is 1190. The first-order chi connectivity index (χ1) is 15.9. The lowest BCUT2D eigenvalue weighted by Gasteiger charge is -2.36. The quantitative estimate of drug-likeness (QED) is 0.437. The molecule has 0 unspecified atom stereocenters. The molecule has 0 radical (unpaired) electrons. The summed E-state index contributed by atoms with van der Waals surface area (Å²) >= 11 is 19.3. The molecule has 0 spiro atoms. The number of Topliss-reactive ketones (excluding diaryl/α,β-unsaturated/α-hetero) is 2. The van der Waals surface area contributed by atoms with Gasteiger partial charge in [-0.1, -0.05) is 53.0 Å². The first kappa shape index (κ1) is 22.5. The SMILES string of the molecule is O=C1CCCC2=C1C(c1cc(Cl)cc(Cl)c1OCc1ccccc1Cl)C1=C(CCCC1=O)O2. The van der Waals surface area contributed by atoms with E-state index in [9.17, 15) is 9.59 Å². The molecule has 0 N–H and O–H groups in total. The molecule has 2 aliphatic carbocycles. The molecular weight excluding hydrogens is 483 g/mol. The minimum atomic E-state index is -0.609. The van der Waals surface area contributed by atoms with Crippen molar-refractivity contribution in [1.29, 1.82) is 0 Å². The molecular formula is C26H21Cl3O4. The van der Waals surface area contributed by atoms with E-state index in [1.807, 2.05) is 18.2 Å². The van der Waals surface area contributed by atoms with Gasteiger partial charge in [0.25, 0.3) is 0 Å². The highest BCUT2D eigenvalue weighted by Gasteiger charge is 2.43. The molecule has 0 amide bonds. The molecule has 0 bridgehead atoms. The Labute approximate surface area is 207 Å². The predicted octanol–water partition coefficient (Wildman–Crippen LogP) is 7.35. The highest BCUT2D eigenvalue weighted by Crippen LogP contribution is 2.51. The van der Waals surface area contributed by atoms with Crippen LogP contribution in [-0.4, -0.2) is 11.6 Å². The molecule has 0 saturated heterocycles. The predicted molar refractivity (Wildman–Crippen MR) is 128 cm³/mol. The van der Waals surface area contributed by atoms with Crippen LogP contribution in [0, 0.1) is 0 Å². The van der Waals surface area contributed by atoms with Gasteiger partial charge in [-0.25, -0.2) is 0 Å². The second-order valence-corrected chi connectivity index (χ2v) is 9.70. The molecule has 7 heteroatoms. The zero-order valence-electron chi connectivity index (χ0n) is 17.8. The average molecular weight is 504 g/mol. The fourth-order valence-electron chi connectivity index (χ4n) is 4.84. The van der Waals surface area contributed by atoms with Gasteiger partial charge < -0.3 is 9.47 Å². The number of ketones is 2. The van der Waals surface area contributed by atoms with Gasteiger partial charge in [0.05, 0.1) is 10.9 Å². The highest BCUT2D eigenvalue weighted by molar-refractivity contribution is 6.35. The lowest BCUT2D eigenvalue weighted by molar-refractivity contribution is -0.117. The summed E-state index contributed by atoms with van der Waals surface area (Å²) in [5, 5.41) is 1.30. The molecule has 2 aromatic rings. The number of hydrogen-bond donors (Lipinski definition) is 0. The third kappa shape index (κ3) is 4.21. The van der Waals surface area contributed by atoms with Gasteiger partial charge in [-0.3, -0.25) is 9.59 Å². The zero-order chi connectivity index (χ0) is 23.1. The Kier molecular flexibility index (Phi) is 6.26. The van der Waals surface area contributed by atoms with Crippen molar-refractivity contribution in [2.24, 2.45) is 0 Å². The lowest BCUT2D eigenvalue weighted by Crippen LogP contribution is -2.30. The van der Waals surface area contributed by atoms with Gasteiger partial charge >= 0.3 is 0 Å². The van der Waals surface area contributed by atoms with E-state index in [1.165, 1.54) is 0 Å². The molecule has 1 aliphatic heterocycles. The third-order valence-corrected chi connectivity index (χ3v) is 7.19. The van der Waals surface area contributed by atoms with Crippen molar-refractivity contribution >= 4 is 46.4 Å². The van der Waals surface area contributed by atoms with Crippen molar-refractivity contribution in [2.75, 3.05) is 0 Å². The van der Waals surface area contributed by atoms with E-state index in [0.717, 1.165) is 18.4 Å². The Morgan fingerprint density at radius 2 is 1.48 bits per heavy atom. The molecule has 0 saturated carbocycles. The standard InChI is InChI=1S/C26H21Cl3O4/c27-15-11-16(26(18(29)12-15)32-13-14-5-1-2-6-17(14)28)23-24-19(30)7-3-9-21(24)33-22-10-4-8-20(31)25(22)23/h1-2,5-6,11-12,23H,3-4,7-10,13H2. The van der Waals surface area contributed by atoms with Crippen LogP contribution in [0.4, 0.5) is 0 Å². The van der Waals surface area contributed by atoms with Crippen molar-refractivity contribution < 1.29 is 19.1 Å². The van der Waals surface area contributed by atoms with Crippen LogP contribution in [0.15, 0.2) is 59.1 Å². The second-order valence-electron chi connectivity index (χ2n) is 8.45. The van der Waals surface area contributed by atoms with E-state index >= 15 is 0 Å². The van der Waals surface area contributed by atoms with Gasteiger partial charge in [0, 0.05) is 58.0 Å². The number of rotatable bonds is 4. The van der Waals surface area contributed by atoms with Crippen LogP contribution >= 0.6 is 34.8 Å². The summed E-state index contributed by atoms with van der Waals surface area (Å²) in [4.78, 5) is 26.2. The molecule has 1 heterocycles. The van der Waals surface area contributed by atoms with E-state index in [-0.39, 0.29) is 18.2 Å². The maximum Gasteiger partial charge on any atom is 0.163 e. The smallest absolute Gasteiger partial charge is 0.163 e. The molecule has 4 nitrogen and oxygen atoms in total. The molecule has 0 atom stereocenters. The average Bonchev–Trinajstić information content (AvgIpc) is 2.78. The summed E-state index contributed by atoms with van der Waals surface area (Å²) in [6.45, 7) is 0.178. The molecule has 5 rings (SSSR count). The van der Waals surface area contributed by atoms with Crippen LogP contribution in [0.25, 0.3) is 0 Å². The van der Waals surface area contributed by atoms with Crippen LogP contribution in [0.3, 0.4) is 0 Å². The number of halogens is 3. The molecule has 0 aromatic heterocycles. The Morgan fingerprint density at radius 1 is 0.848 bits per heavy atom. The summed E-state index contributed by atoms with van der Waals surface area (Å²) in [6.07, 6.45) is 3.61. The topological polar surface area (TPSA) is 52.6 Å². The summed E-state index contributed by atoms with van der Waals surface area (Å²) in [5.41, 5.74) is 2.45. The number of benzene rings is 2. The van der Waals surface area contributed by atoms with Crippen molar-refractivity contribution in [3.8, 4) is 5.75 Å². The largest absolute Gasteiger partial charge is 0.487 e. The number of carbonyl (C=O) groups excluding carboxylic acids is 2. The van der Waals surface area contributed by atoms with Crippen LogP contribution in [0.2, 0.25) is 15.1 Å². The van der Waals surface area contributed by atoms with E-state index in [4.69, 9.17) is 44.3 Å². The molecule has 170 valence electrons. The van der Waals surface area contributed by atoms with Crippen LogP contribution in [0.1, 0.15) is 55.6 Å². The number of carbonyl (C=O) groups is 2. The van der Waals surface area contributed by atoms with E-state index < -0.39 is 5.92 Å². The first-order valence-corrected chi connectivity index (χ1v) is 12.1. The van der Waals surface area contributed by atoms with Crippen LogP contribution in [0.5, 0.6) is 5.75 Å². The minimum Gasteiger partial charge on any atom is -0.487 e. The number of ether oxygens (including phenoxy) is 2. The fourth-order valence-corrected chi connectivity index (χ4v) is 5.60. The molecule has 33 heavy (non-hydrogen) atoms. The van der Waals surface area contributed by atoms with Crippen molar-refractivity contribution in [3.05, 3.63) is 85.3 Å². The number of hydrogen-bond acceptors (Lipinski definition) is 4. The van der Waals surface area contributed by atoms with Crippen LogP contribution in [-0.2, 0) is 20.9 Å². The van der Waals surface area contributed by atoms with E-state index in [0.29, 0.717) is 74.7 Å². The summed E-state index contributed by atoms with van der Waals surface area (Å²) in [6, 6.07) is 10.7. The molecule has 0 fully saturated rings. The van der Waals surface area contributed by atoms with Crippen molar-refractivity contribution in [2.45, 2.75) is 51.0 Å². The maximum absolute atomic E-state index is 13.1. The summed E-state index contributed by atoms with van der Waals surface area (Å²) in [7, 11) is 0. The Hall–Kier alpha value is -2.27. The molecule has 2 aromatic carbocycles. The van der Waals surface area contributed by atoms with Gasteiger partial charge in [-0.15, -0.1) is 0 Å². The highest BCUT2D eigenvalue weighted by atomic mass is 35.5. The van der Waals surface area contributed by atoms with Crippen molar-refractivity contribution in [1.82, 2.24) is 0 Å². The van der Waals surface area contributed by atoms with E-state index in [2.05, 4.69) is 0 Å². The van der Waals surface area contributed by atoms with Gasteiger partial charge in [0.1, 0.15) is 23.9 Å². The first-order valence-electron chi connectivity index (χ1n) is 11.0. The second kappa shape index (κ2) is 9.17. The van der Waals surface area contributed by atoms with Crippen LogP contribution < -0.4 is 4.74 Å². The van der Waals surface area contributed by atoms with E-state index in [1.54, 1.807) is 18.2 Å². The van der Waals surface area contributed by atoms with Gasteiger partial charge in [0.15, 0.2) is 11.6 Å². The zero-order valence-corrected chi connectivity index (χ0v) is 20.0.